The highest BCUT2D eigenvalue weighted by atomic mass is 19.4. The highest BCUT2D eigenvalue weighted by Crippen LogP contribution is 2.34. The maximum absolute atomic E-state index is 13.1. The summed E-state index contributed by atoms with van der Waals surface area (Å²) in [5, 5.41) is 0.331. The van der Waals surface area contributed by atoms with E-state index in [1.54, 1.807) is 6.07 Å². The highest BCUT2D eigenvalue weighted by Gasteiger charge is 2.39. The molecule has 0 unspecified atom stereocenters. The van der Waals surface area contributed by atoms with E-state index in [9.17, 15) is 22.8 Å². The lowest BCUT2D eigenvalue weighted by atomic mass is 10.0. The molecule has 1 fully saturated rings. The number of hydrogen-bond donors (Lipinski definition) is 0. The van der Waals surface area contributed by atoms with Gasteiger partial charge in [-0.25, -0.2) is 9.97 Å². The van der Waals surface area contributed by atoms with Gasteiger partial charge in [0.25, 0.3) is 0 Å². The van der Waals surface area contributed by atoms with Crippen LogP contribution in [-0.2, 0) is 11.0 Å². The van der Waals surface area contributed by atoms with Crippen molar-refractivity contribution in [3.63, 3.8) is 0 Å². The summed E-state index contributed by atoms with van der Waals surface area (Å²) in [6.07, 6.45) is -2.55. The fourth-order valence-electron chi connectivity index (χ4n) is 2.24. The van der Waals surface area contributed by atoms with Gasteiger partial charge in [0.15, 0.2) is 17.1 Å². The molecule has 2 aromatic rings. The Hall–Kier alpha value is -2.31. The largest absolute Gasteiger partial charge is 0.434 e. The monoisotopic (exact) mass is 308 g/mol. The Labute approximate surface area is 123 Å². The molecule has 2 heterocycles. The third-order valence-corrected chi connectivity index (χ3v) is 3.53. The number of carbonyl (C=O) groups is 2. The molecule has 1 aliphatic rings. The molecule has 0 amide bonds. The van der Waals surface area contributed by atoms with E-state index in [0.717, 1.165) is 6.07 Å². The van der Waals surface area contributed by atoms with Crippen molar-refractivity contribution < 1.29 is 22.8 Å². The van der Waals surface area contributed by atoms with Crippen molar-refractivity contribution in [1.29, 1.82) is 0 Å². The standard InChI is InChI=1S/C15H11F3N2O2/c16-15(17,18)13-10(12(22)7-11(21)8-3-4-8)6-9-2-1-5-19-14(9)20-13/h1-2,5-6,8H,3-4,7H2. The molecule has 7 heteroatoms. The van der Waals surface area contributed by atoms with E-state index in [2.05, 4.69) is 9.97 Å². The first-order valence-corrected chi connectivity index (χ1v) is 6.75. The molecular formula is C15H11F3N2O2. The first-order chi connectivity index (χ1) is 10.4. The lowest BCUT2D eigenvalue weighted by molar-refractivity contribution is -0.141. The number of halogens is 3. The lowest BCUT2D eigenvalue weighted by Gasteiger charge is -2.12. The maximum Gasteiger partial charge on any atom is 0.434 e. The van der Waals surface area contributed by atoms with Crippen LogP contribution in [-0.4, -0.2) is 21.5 Å². The predicted octanol–water partition coefficient (Wildman–Crippen LogP) is 3.20. The Morgan fingerprint density at radius 1 is 1.27 bits per heavy atom. The summed E-state index contributed by atoms with van der Waals surface area (Å²) in [5.41, 5.74) is -1.94. The Kier molecular flexibility index (Phi) is 3.42. The van der Waals surface area contributed by atoms with Gasteiger partial charge < -0.3 is 0 Å². The summed E-state index contributed by atoms with van der Waals surface area (Å²) in [5.74, 6) is -1.32. The molecule has 0 aliphatic heterocycles. The number of Topliss-reactive ketones (excluding diaryl/α,β-unsaturated/α-hetero) is 2. The molecule has 3 rings (SSSR count). The number of alkyl halides is 3. The van der Waals surface area contributed by atoms with Crippen LogP contribution in [0.15, 0.2) is 24.4 Å². The van der Waals surface area contributed by atoms with Crippen molar-refractivity contribution in [3.05, 3.63) is 35.7 Å². The van der Waals surface area contributed by atoms with Gasteiger partial charge in [0.2, 0.25) is 0 Å². The predicted molar refractivity (Wildman–Crippen MR) is 71.2 cm³/mol. The Morgan fingerprint density at radius 3 is 2.64 bits per heavy atom. The zero-order valence-electron chi connectivity index (χ0n) is 11.4. The summed E-state index contributed by atoms with van der Waals surface area (Å²) in [6.45, 7) is 0. The molecule has 22 heavy (non-hydrogen) atoms. The molecular weight excluding hydrogens is 297 g/mol. The zero-order valence-corrected chi connectivity index (χ0v) is 11.4. The van der Waals surface area contributed by atoms with Gasteiger partial charge in [0, 0.05) is 23.1 Å². The Bertz CT molecular complexity index is 767. The van der Waals surface area contributed by atoms with Crippen LogP contribution in [0.5, 0.6) is 0 Å². The van der Waals surface area contributed by atoms with Crippen LogP contribution < -0.4 is 0 Å². The summed E-state index contributed by atoms with van der Waals surface area (Å²) in [4.78, 5) is 31.0. The van der Waals surface area contributed by atoms with Gasteiger partial charge in [0.1, 0.15) is 5.78 Å². The van der Waals surface area contributed by atoms with Gasteiger partial charge in [0.05, 0.1) is 6.42 Å². The van der Waals surface area contributed by atoms with Gasteiger partial charge in [-0.05, 0) is 31.0 Å². The molecule has 0 spiro atoms. The number of aromatic nitrogens is 2. The maximum atomic E-state index is 13.1. The fraction of sp³-hybridized carbons (Fsp3) is 0.333. The molecule has 0 N–H and O–H groups in total. The molecule has 2 aromatic heterocycles. The molecule has 0 bridgehead atoms. The van der Waals surface area contributed by atoms with Crippen LogP contribution in [0.25, 0.3) is 11.0 Å². The Balaban J connectivity index is 2.05. The second-order valence-electron chi connectivity index (χ2n) is 5.27. The molecule has 0 aromatic carbocycles. The van der Waals surface area contributed by atoms with Crippen molar-refractivity contribution in [2.45, 2.75) is 25.4 Å². The minimum absolute atomic E-state index is 0.0834. The molecule has 1 aliphatic carbocycles. The number of fused-ring (bicyclic) bond motifs is 1. The van der Waals surface area contributed by atoms with Gasteiger partial charge in [-0.1, -0.05) is 0 Å². The second kappa shape index (κ2) is 5.15. The normalized spacial score (nSPS) is 15.0. The van der Waals surface area contributed by atoms with E-state index in [-0.39, 0.29) is 17.3 Å². The summed E-state index contributed by atoms with van der Waals surface area (Å²) >= 11 is 0. The van der Waals surface area contributed by atoms with Crippen LogP contribution in [0.4, 0.5) is 13.2 Å². The SMILES string of the molecule is O=C(CC(=O)C1CC1)c1cc2cccnc2nc1C(F)(F)F. The molecule has 0 saturated heterocycles. The average Bonchev–Trinajstić information content (AvgIpc) is 3.29. The second-order valence-corrected chi connectivity index (χ2v) is 5.27. The number of pyridine rings is 2. The van der Waals surface area contributed by atoms with Gasteiger partial charge in [-0.2, -0.15) is 13.2 Å². The van der Waals surface area contributed by atoms with Crippen molar-refractivity contribution in [1.82, 2.24) is 9.97 Å². The van der Waals surface area contributed by atoms with Crippen molar-refractivity contribution in [2.75, 3.05) is 0 Å². The van der Waals surface area contributed by atoms with Crippen LogP contribution >= 0.6 is 0 Å². The number of hydrogen-bond acceptors (Lipinski definition) is 4. The highest BCUT2D eigenvalue weighted by molar-refractivity contribution is 6.10. The van der Waals surface area contributed by atoms with E-state index in [4.69, 9.17) is 0 Å². The van der Waals surface area contributed by atoms with Crippen LogP contribution in [0, 0.1) is 5.92 Å². The van der Waals surface area contributed by atoms with Crippen LogP contribution in [0.3, 0.4) is 0 Å². The van der Waals surface area contributed by atoms with Crippen molar-refractivity contribution in [3.8, 4) is 0 Å². The van der Waals surface area contributed by atoms with E-state index >= 15 is 0 Å². The smallest absolute Gasteiger partial charge is 0.299 e. The summed E-state index contributed by atoms with van der Waals surface area (Å²) < 4.78 is 39.4. The van der Waals surface area contributed by atoms with Gasteiger partial charge in [-0.3, -0.25) is 9.59 Å². The Morgan fingerprint density at radius 2 is 2.00 bits per heavy atom. The number of carbonyl (C=O) groups excluding carboxylic acids is 2. The minimum Gasteiger partial charge on any atom is -0.299 e. The van der Waals surface area contributed by atoms with Crippen molar-refractivity contribution in [2.24, 2.45) is 5.92 Å². The van der Waals surface area contributed by atoms with E-state index in [0.29, 0.717) is 18.2 Å². The van der Waals surface area contributed by atoms with Gasteiger partial charge >= 0.3 is 6.18 Å². The number of ketones is 2. The third kappa shape index (κ3) is 2.84. The molecule has 4 nitrogen and oxygen atoms in total. The zero-order chi connectivity index (χ0) is 15.9. The number of rotatable bonds is 4. The number of nitrogens with zero attached hydrogens (tertiary/aromatic N) is 2. The topological polar surface area (TPSA) is 59.9 Å². The lowest BCUT2D eigenvalue weighted by Crippen LogP contribution is -2.18. The van der Waals surface area contributed by atoms with E-state index in [1.165, 1.54) is 12.3 Å². The minimum atomic E-state index is -4.78. The van der Waals surface area contributed by atoms with Crippen LogP contribution in [0.1, 0.15) is 35.3 Å². The van der Waals surface area contributed by atoms with Crippen molar-refractivity contribution >= 4 is 22.6 Å². The van der Waals surface area contributed by atoms with Gasteiger partial charge in [-0.15, -0.1) is 0 Å². The third-order valence-electron chi connectivity index (χ3n) is 3.53. The first-order valence-electron chi connectivity index (χ1n) is 6.75. The fourth-order valence-corrected chi connectivity index (χ4v) is 2.24. The van der Waals surface area contributed by atoms with E-state index in [1.807, 2.05) is 0 Å². The molecule has 0 radical (unpaired) electrons. The average molecular weight is 308 g/mol. The van der Waals surface area contributed by atoms with E-state index < -0.39 is 29.6 Å². The molecule has 0 atom stereocenters. The summed E-state index contributed by atoms with van der Waals surface area (Å²) in [6, 6.07) is 4.18. The molecule has 1 saturated carbocycles. The first kappa shape index (κ1) is 14.6. The van der Waals surface area contributed by atoms with Crippen LogP contribution in [0.2, 0.25) is 0 Å². The quantitative estimate of drug-likeness (QED) is 0.643. The summed E-state index contributed by atoms with van der Waals surface area (Å²) in [7, 11) is 0. The molecule has 114 valence electrons.